The number of aromatic nitrogens is 1. The van der Waals surface area contributed by atoms with Crippen molar-refractivity contribution in [3.05, 3.63) is 27.7 Å². The third-order valence-corrected chi connectivity index (χ3v) is 2.33. The zero-order valence-corrected chi connectivity index (χ0v) is 8.71. The molecule has 1 heterocycles. The number of amides is 1. The Balaban J connectivity index is 2.54. The van der Waals surface area contributed by atoms with Gasteiger partial charge < -0.3 is 5.32 Å². The van der Waals surface area contributed by atoms with Crippen LogP contribution in [-0.4, -0.2) is 17.4 Å². The second kappa shape index (κ2) is 4.39. The maximum atomic E-state index is 11.3. The van der Waals surface area contributed by atoms with Crippen molar-refractivity contribution in [2.45, 2.75) is 6.92 Å². The Labute approximate surface area is 85.4 Å². The molecule has 1 aromatic rings. The third-order valence-electron chi connectivity index (χ3n) is 1.29. The van der Waals surface area contributed by atoms with Crippen molar-refractivity contribution in [2.75, 3.05) is 6.54 Å². The molecule has 0 radical (unpaired) electrons. The van der Waals surface area contributed by atoms with Crippen molar-refractivity contribution in [1.29, 1.82) is 0 Å². The van der Waals surface area contributed by atoms with Crippen molar-refractivity contribution in [3.8, 4) is 0 Å². The summed E-state index contributed by atoms with van der Waals surface area (Å²) in [5, 5.41) is 3.89. The Kier molecular flexibility index (Phi) is 3.45. The molecule has 0 spiro atoms. The lowest BCUT2D eigenvalue weighted by molar-refractivity contribution is 0.0961. The van der Waals surface area contributed by atoms with Crippen LogP contribution in [0.3, 0.4) is 0 Å². The van der Waals surface area contributed by atoms with Gasteiger partial charge in [-0.1, -0.05) is 18.2 Å². The summed E-state index contributed by atoms with van der Waals surface area (Å²) >= 11 is 6.84. The molecular weight excluding hydrogens is 208 g/mol. The Morgan fingerprint density at radius 3 is 3.00 bits per heavy atom. The summed E-state index contributed by atoms with van der Waals surface area (Å²) in [7, 11) is 0. The van der Waals surface area contributed by atoms with Gasteiger partial charge in [0.25, 0.3) is 5.91 Å². The second-order valence-corrected chi connectivity index (χ2v) is 4.21. The Morgan fingerprint density at radius 1 is 1.85 bits per heavy atom. The second-order valence-electron chi connectivity index (χ2n) is 2.44. The normalized spacial score (nSPS) is 9.69. The van der Waals surface area contributed by atoms with E-state index in [1.807, 2.05) is 6.92 Å². The van der Waals surface area contributed by atoms with Gasteiger partial charge in [-0.25, -0.2) is 4.98 Å². The number of halogens is 1. The fraction of sp³-hybridized carbons (Fsp3) is 0.250. The van der Waals surface area contributed by atoms with E-state index in [-0.39, 0.29) is 12.5 Å². The molecule has 0 saturated heterocycles. The first-order valence-electron chi connectivity index (χ1n) is 3.63. The van der Waals surface area contributed by atoms with E-state index in [0.717, 1.165) is 5.01 Å². The quantitative estimate of drug-likeness (QED) is 0.839. The summed E-state index contributed by atoms with van der Waals surface area (Å²) in [5.74, 6) is -0.160. The summed E-state index contributed by atoms with van der Waals surface area (Å²) in [6.45, 7) is 5.60. The van der Waals surface area contributed by atoms with Gasteiger partial charge in [-0.3, -0.25) is 4.79 Å². The van der Waals surface area contributed by atoms with Crippen LogP contribution in [0.2, 0.25) is 0 Å². The highest BCUT2D eigenvalue weighted by atomic mass is 35.5. The Morgan fingerprint density at radius 2 is 2.54 bits per heavy atom. The summed E-state index contributed by atoms with van der Waals surface area (Å²) in [4.78, 5) is 15.9. The van der Waals surface area contributed by atoms with E-state index in [0.29, 0.717) is 9.91 Å². The van der Waals surface area contributed by atoms with Crippen LogP contribution in [0.1, 0.15) is 14.7 Å². The fourth-order valence-corrected chi connectivity index (χ4v) is 1.49. The molecule has 0 aromatic carbocycles. The molecule has 13 heavy (non-hydrogen) atoms. The zero-order chi connectivity index (χ0) is 9.84. The minimum absolute atomic E-state index is 0.160. The van der Waals surface area contributed by atoms with E-state index >= 15 is 0 Å². The monoisotopic (exact) mass is 216 g/mol. The van der Waals surface area contributed by atoms with E-state index in [1.54, 1.807) is 6.20 Å². The van der Waals surface area contributed by atoms with Gasteiger partial charge in [0.15, 0.2) is 0 Å². The lowest BCUT2D eigenvalue weighted by Crippen LogP contribution is -2.23. The minimum atomic E-state index is -0.160. The van der Waals surface area contributed by atoms with Crippen LogP contribution in [-0.2, 0) is 0 Å². The Bertz CT molecular complexity index is 335. The third kappa shape index (κ3) is 3.16. The number of hydrogen-bond donors (Lipinski definition) is 1. The Hall–Kier alpha value is -0.870. The highest BCUT2D eigenvalue weighted by Crippen LogP contribution is 2.10. The molecule has 0 aliphatic heterocycles. The number of rotatable bonds is 3. The van der Waals surface area contributed by atoms with Crippen LogP contribution in [0, 0.1) is 6.92 Å². The average Bonchev–Trinajstić information content (AvgIpc) is 2.47. The van der Waals surface area contributed by atoms with E-state index in [4.69, 9.17) is 11.6 Å². The number of carbonyl (C=O) groups excluding carboxylic acids is 1. The fourth-order valence-electron chi connectivity index (χ4n) is 0.730. The van der Waals surface area contributed by atoms with Crippen LogP contribution < -0.4 is 5.32 Å². The molecule has 1 aromatic heterocycles. The molecule has 0 aliphatic rings. The molecule has 70 valence electrons. The number of carbonyl (C=O) groups is 1. The van der Waals surface area contributed by atoms with Gasteiger partial charge in [0.2, 0.25) is 0 Å². The molecule has 0 aliphatic carbocycles. The summed E-state index contributed by atoms with van der Waals surface area (Å²) < 4.78 is 0. The van der Waals surface area contributed by atoms with Gasteiger partial charge in [-0.05, 0) is 6.92 Å². The average molecular weight is 217 g/mol. The molecular formula is C8H9ClN2OS. The first-order chi connectivity index (χ1) is 6.09. The van der Waals surface area contributed by atoms with Crippen molar-refractivity contribution >= 4 is 28.8 Å². The van der Waals surface area contributed by atoms with Crippen molar-refractivity contribution < 1.29 is 4.79 Å². The molecule has 1 N–H and O–H groups in total. The van der Waals surface area contributed by atoms with E-state index < -0.39 is 0 Å². The van der Waals surface area contributed by atoms with Gasteiger partial charge in [0.05, 0.1) is 17.7 Å². The van der Waals surface area contributed by atoms with Crippen molar-refractivity contribution in [3.63, 3.8) is 0 Å². The van der Waals surface area contributed by atoms with E-state index in [9.17, 15) is 4.79 Å². The van der Waals surface area contributed by atoms with Crippen LogP contribution in [0.25, 0.3) is 0 Å². The zero-order valence-electron chi connectivity index (χ0n) is 7.13. The van der Waals surface area contributed by atoms with E-state index in [2.05, 4.69) is 16.9 Å². The molecule has 0 unspecified atom stereocenters. The highest BCUT2D eigenvalue weighted by molar-refractivity contribution is 7.13. The predicted octanol–water partition coefficient (Wildman–Crippen LogP) is 1.93. The number of thiazole rings is 1. The van der Waals surface area contributed by atoms with Gasteiger partial charge in [-0.15, -0.1) is 11.3 Å². The maximum Gasteiger partial charge on any atom is 0.263 e. The smallest absolute Gasteiger partial charge is 0.263 e. The molecule has 0 bridgehead atoms. The molecule has 0 saturated carbocycles. The SMILES string of the molecule is C=C(Cl)CNC(=O)c1cnc(C)s1. The maximum absolute atomic E-state index is 11.3. The predicted molar refractivity (Wildman–Crippen MR) is 54.2 cm³/mol. The molecule has 5 heteroatoms. The largest absolute Gasteiger partial charge is 0.346 e. The van der Waals surface area contributed by atoms with Crippen LogP contribution in [0.4, 0.5) is 0 Å². The molecule has 0 fully saturated rings. The van der Waals surface area contributed by atoms with Crippen molar-refractivity contribution in [1.82, 2.24) is 10.3 Å². The van der Waals surface area contributed by atoms with Gasteiger partial charge in [-0.2, -0.15) is 0 Å². The highest BCUT2D eigenvalue weighted by Gasteiger charge is 2.07. The van der Waals surface area contributed by atoms with Gasteiger partial charge in [0, 0.05) is 5.03 Å². The standard InChI is InChI=1S/C8H9ClN2OS/c1-5(9)3-11-8(12)7-4-10-6(2)13-7/h4H,1,3H2,2H3,(H,11,12). The molecule has 0 atom stereocenters. The molecule has 1 rings (SSSR count). The number of hydrogen-bond acceptors (Lipinski definition) is 3. The lowest BCUT2D eigenvalue weighted by Gasteiger charge is -1.99. The van der Waals surface area contributed by atoms with Gasteiger partial charge >= 0.3 is 0 Å². The molecule has 1 amide bonds. The number of nitrogens with zero attached hydrogens (tertiary/aromatic N) is 1. The van der Waals surface area contributed by atoms with E-state index in [1.165, 1.54) is 11.3 Å². The lowest BCUT2D eigenvalue weighted by atomic mass is 10.5. The first-order valence-corrected chi connectivity index (χ1v) is 4.83. The van der Waals surface area contributed by atoms with Crippen LogP contribution in [0.15, 0.2) is 17.8 Å². The number of aryl methyl sites for hydroxylation is 1. The van der Waals surface area contributed by atoms with Crippen molar-refractivity contribution in [2.24, 2.45) is 0 Å². The van der Waals surface area contributed by atoms with Crippen LogP contribution in [0.5, 0.6) is 0 Å². The topological polar surface area (TPSA) is 42.0 Å². The first kappa shape index (κ1) is 10.2. The minimum Gasteiger partial charge on any atom is -0.346 e. The van der Waals surface area contributed by atoms with Crippen LogP contribution >= 0.6 is 22.9 Å². The summed E-state index contributed by atoms with van der Waals surface area (Å²) in [6, 6.07) is 0. The molecule has 3 nitrogen and oxygen atoms in total. The summed E-state index contributed by atoms with van der Waals surface area (Å²) in [5.41, 5.74) is 0. The van der Waals surface area contributed by atoms with Gasteiger partial charge in [0.1, 0.15) is 4.88 Å². The summed E-state index contributed by atoms with van der Waals surface area (Å²) in [6.07, 6.45) is 1.55. The number of nitrogens with one attached hydrogen (secondary N) is 1.